The third-order valence-electron chi connectivity index (χ3n) is 12.1. The number of carbonyl (C=O) groups excluding carboxylic acids is 2. The average Bonchev–Trinajstić information content (AvgIpc) is 3.31. The van der Waals surface area contributed by atoms with Crippen molar-refractivity contribution in [1.29, 1.82) is 0 Å². The highest BCUT2D eigenvalue weighted by molar-refractivity contribution is 5.70. The highest BCUT2D eigenvalue weighted by Gasteiger charge is 2.47. The van der Waals surface area contributed by atoms with Crippen LogP contribution < -0.4 is 0 Å². The second-order valence-electron chi connectivity index (χ2n) is 18.0. The van der Waals surface area contributed by atoms with E-state index in [1.54, 1.807) is 0 Å². The van der Waals surface area contributed by atoms with Crippen molar-refractivity contribution in [3.8, 4) is 0 Å². The number of unbranched alkanes of at least 4 members (excludes halogenated alkanes) is 19. The zero-order valence-corrected chi connectivity index (χ0v) is 40.4. The minimum atomic E-state index is -1.77. The van der Waals surface area contributed by atoms with Crippen molar-refractivity contribution in [1.82, 2.24) is 0 Å². The Labute approximate surface area is 395 Å². The van der Waals surface area contributed by atoms with Gasteiger partial charge in [-0.3, -0.25) is 9.59 Å². The molecule has 2 aliphatic heterocycles. The molecule has 0 aliphatic carbocycles. The van der Waals surface area contributed by atoms with Gasteiger partial charge in [-0.05, 0) is 51.4 Å². The Morgan fingerprint density at radius 3 is 1.45 bits per heavy atom. The fourth-order valence-corrected chi connectivity index (χ4v) is 7.87. The van der Waals surface area contributed by atoms with Crippen LogP contribution in [0.25, 0.3) is 0 Å². The monoisotopic (exact) mass is 943 g/mol. The molecule has 0 aromatic heterocycles. The van der Waals surface area contributed by atoms with Gasteiger partial charge in [-0.25, -0.2) is 0 Å². The van der Waals surface area contributed by atoms with Crippen LogP contribution in [-0.4, -0.2) is 142 Å². The summed E-state index contributed by atoms with van der Waals surface area (Å²) in [6.07, 6.45) is 23.1. The van der Waals surface area contributed by atoms with Gasteiger partial charge in [0.05, 0.1) is 19.8 Å². The second kappa shape index (κ2) is 38.6. The molecule has 7 N–H and O–H groups in total. The maximum absolute atomic E-state index is 13.0. The molecule has 2 fully saturated rings. The molecule has 0 radical (unpaired) electrons. The van der Waals surface area contributed by atoms with Gasteiger partial charge in [0.25, 0.3) is 0 Å². The van der Waals surface area contributed by atoms with Crippen LogP contribution in [0.15, 0.2) is 36.5 Å². The highest BCUT2D eigenvalue weighted by atomic mass is 16.7. The Bertz CT molecular complexity index is 1290. The van der Waals surface area contributed by atoms with Crippen LogP contribution in [0, 0.1) is 0 Å². The molecule has 11 unspecified atom stereocenters. The van der Waals surface area contributed by atoms with E-state index < -0.39 is 92.7 Å². The normalized spacial score (nSPS) is 26.4. The lowest BCUT2D eigenvalue weighted by Crippen LogP contribution is -2.61. The molecule has 15 nitrogen and oxygen atoms in total. The molecule has 2 heterocycles. The molecule has 0 spiro atoms. The summed E-state index contributed by atoms with van der Waals surface area (Å²) in [7, 11) is 0. The molecule has 2 rings (SSSR count). The maximum atomic E-state index is 13.0. The van der Waals surface area contributed by atoms with Crippen LogP contribution in [-0.2, 0) is 38.0 Å². The van der Waals surface area contributed by atoms with Gasteiger partial charge in [-0.1, -0.05) is 153 Å². The van der Waals surface area contributed by atoms with Crippen LogP contribution in [0.3, 0.4) is 0 Å². The molecular weight excluding hydrogens is 853 g/mol. The summed E-state index contributed by atoms with van der Waals surface area (Å²) in [5.74, 6) is -0.938. The van der Waals surface area contributed by atoms with Crippen LogP contribution in [0.1, 0.15) is 181 Å². The summed E-state index contributed by atoms with van der Waals surface area (Å²) >= 11 is 0. The van der Waals surface area contributed by atoms with Crippen molar-refractivity contribution in [3.63, 3.8) is 0 Å². The lowest BCUT2D eigenvalue weighted by molar-refractivity contribution is -0.332. The summed E-state index contributed by atoms with van der Waals surface area (Å²) < 4.78 is 33.5. The van der Waals surface area contributed by atoms with Gasteiger partial charge >= 0.3 is 11.9 Å². The molecule has 0 saturated carbocycles. The molecule has 2 saturated heterocycles. The van der Waals surface area contributed by atoms with Crippen molar-refractivity contribution in [2.24, 2.45) is 0 Å². The molecule has 66 heavy (non-hydrogen) atoms. The van der Waals surface area contributed by atoms with Gasteiger partial charge in [0.1, 0.15) is 55.4 Å². The first kappa shape index (κ1) is 59.8. The zero-order valence-electron chi connectivity index (χ0n) is 40.4. The van der Waals surface area contributed by atoms with Crippen molar-refractivity contribution in [3.05, 3.63) is 36.5 Å². The highest BCUT2D eigenvalue weighted by Crippen LogP contribution is 2.26. The quantitative estimate of drug-likeness (QED) is 0.0188. The number of ether oxygens (including phenoxy) is 6. The van der Waals surface area contributed by atoms with E-state index in [9.17, 15) is 45.3 Å². The number of esters is 2. The Morgan fingerprint density at radius 2 is 0.909 bits per heavy atom. The Morgan fingerprint density at radius 1 is 0.485 bits per heavy atom. The van der Waals surface area contributed by atoms with Gasteiger partial charge < -0.3 is 64.2 Å². The molecule has 0 aromatic rings. The van der Waals surface area contributed by atoms with Crippen LogP contribution in [0.4, 0.5) is 0 Å². The largest absolute Gasteiger partial charge is 0.462 e. The fraction of sp³-hybridized carbons (Fsp3) is 0.843. The lowest BCUT2D eigenvalue weighted by atomic mass is 9.98. The van der Waals surface area contributed by atoms with Gasteiger partial charge in [-0.15, -0.1) is 0 Å². The van der Waals surface area contributed by atoms with E-state index >= 15 is 0 Å². The van der Waals surface area contributed by atoms with Crippen LogP contribution in [0.5, 0.6) is 0 Å². The smallest absolute Gasteiger partial charge is 0.306 e. The van der Waals surface area contributed by atoms with E-state index in [0.29, 0.717) is 12.8 Å². The van der Waals surface area contributed by atoms with Gasteiger partial charge in [-0.2, -0.15) is 0 Å². The first-order chi connectivity index (χ1) is 32.0. The number of carbonyl (C=O) groups is 2. The Balaban J connectivity index is 1.81. The van der Waals surface area contributed by atoms with Crippen LogP contribution in [0.2, 0.25) is 0 Å². The van der Waals surface area contributed by atoms with E-state index in [1.807, 2.05) is 0 Å². The van der Waals surface area contributed by atoms with E-state index in [4.69, 9.17) is 28.4 Å². The Kier molecular flexibility index (Phi) is 35.0. The molecule has 0 bridgehead atoms. The Hall–Kier alpha value is -2.28. The van der Waals surface area contributed by atoms with Gasteiger partial charge in [0.15, 0.2) is 18.7 Å². The molecule has 384 valence electrons. The molecule has 11 atom stereocenters. The second-order valence-corrected chi connectivity index (χ2v) is 18.0. The minimum Gasteiger partial charge on any atom is -0.462 e. The van der Waals surface area contributed by atoms with Crippen molar-refractivity contribution < 1.29 is 73.8 Å². The number of aliphatic hydroxyl groups excluding tert-OH is 7. The number of allylic oxidation sites excluding steroid dienone is 6. The summed E-state index contributed by atoms with van der Waals surface area (Å²) in [5, 5.41) is 72.0. The number of hydrogen-bond donors (Lipinski definition) is 7. The molecule has 0 aromatic carbocycles. The first-order valence-corrected chi connectivity index (χ1v) is 25.6. The third kappa shape index (κ3) is 26.5. The number of rotatable bonds is 39. The standard InChI is InChI=1S/C51H90O15/c1-3-5-7-9-11-13-15-16-17-18-19-20-21-22-24-26-28-30-32-34-43(54)64-39(36-61-42(53)33-31-29-27-25-23-14-12-10-8-6-4-2)37-62-50-49(60)47(58)45(56)41(66-50)38-63-51-48(59)46(57)44(55)40(35-52)65-51/h11,13,16-17,19-20,39-41,44-52,55-60H,3-10,12,14-15,18,21-38H2,1-2H3/b13-11-,17-16-,20-19-. The van der Waals surface area contributed by atoms with Crippen LogP contribution >= 0.6 is 0 Å². The van der Waals surface area contributed by atoms with E-state index in [-0.39, 0.29) is 26.1 Å². The van der Waals surface area contributed by atoms with E-state index in [0.717, 1.165) is 70.6 Å². The van der Waals surface area contributed by atoms with Crippen molar-refractivity contribution in [2.75, 3.05) is 26.4 Å². The van der Waals surface area contributed by atoms with Crippen molar-refractivity contribution >= 4 is 11.9 Å². The summed E-state index contributed by atoms with van der Waals surface area (Å²) in [4.78, 5) is 25.7. The van der Waals surface area contributed by atoms with Gasteiger partial charge in [0.2, 0.25) is 0 Å². The summed E-state index contributed by atoms with van der Waals surface area (Å²) in [6.45, 7) is 2.54. The zero-order chi connectivity index (χ0) is 48.2. The summed E-state index contributed by atoms with van der Waals surface area (Å²) in [6, 6.07) is 0. The predicted octanol–water partition coefficient (Wildman–Crippen LogP) is 6.93. The van der Waals surface area contributed by atoms with E-state index in [2.05, 4.69) is 50.3 Å². The molecule has 15 heteroatoms. The molecule has 0 amide bonds. The first-order valence-electron chi connectivity index (χ1n) is 25.6. The maximum Gasteiger partial charge on any atom is 0.306 e. The predicted molar refractivity (Wildman–Crippen MR) is 252 cm³/mol. The summed E-state index contributed by atoms with van der Waals surface area (Å²) in [5.41, 5.74) is 0. The van der Waals surface area contributed by atoms with E-state index in [1.165, 1.54) is 70.6 Å². The number of aliphatic hydroxyl groups is 7. The molecular formula is C51H90O15. The third-order valence-corrected chi connectivity index (χ3v) is 12.1. The number of hydrogen-bond acceptors (Lipinski definition) is 15. The molecule has 2 aliphatic rings. The SMILES string of the molecule is CCCCC/C=C\C/C=C\C/C=C\CCCCCCCCC(=O)OC(COC(=O)CCCCCCCCCCCCC)COC1OC(COC2OC(CO)C(O)C(O)C2O)C(O)C(O)C1O. The van der Waals surface area contributed by atoms with Crippen molar-refractivity contribution in [2.45, 2.75) is 248 Å². The van der Waals surface area contributed by atoms with Gasteiger partial charge in [0, 0.05) is 12.8 Å². The lowest BCUT2D eigenvalue weighted by Gasteiger charge is -2.42. The fourth-order valence-electron chi connectivity index (χ4n) is 7.87. The minimum absolute atomic E-state index is 0.152. The topological polar surface area (TPSA) is 231 Å². The average molecular weight is 943 g/mol.